The summed E-state index contributed by atoms with van der Waals surface area (Å²) in [6, 6.07) is 6.56. The molecule has 3 nitrogen and oxygen atoms in total. The summed E-state index contributed by atoms with van der Waals surface area (Å²) in [7, 11) is 1.33. The second kappa shape index (κ2) is 4.37. The quantitative estimate of drug-likeness (QED) is 0.813. The molecule has 0 saturated heterocycles. The average Bonchev–Trinajstić information content (AvgIpc) is 2.82. The molecule has 0 atom stereocenters. The second-order valence-electron chi connectivity index (χ2n) is 3.24. The first kappa shape index (κ1) is 10.7. The lowest BCUT2D eigenvalue weighted by Crippen LogP contribution is -2.00. The molecule has 0 saturated carbocycles. The highest BCUT2D eigenvalue weighted by Gasteiger charge is 2.10. The lowest BCUT2D eigenvalue weighted by Gasteiger charge is -2.05. The lowest BCUT2D eigenvalue weighted by atomic mass is 10.0. The third kappa shape index (κ3) is 1.92. The maximum atomic E-state index is 11.3. The molecule has 4 heteroatoms. The minimum Gasteiger partial charge on any atom is -0.507 e. The van der Waals surface area contributed by atoms with Crippen LogP contribution in [0.4, 0.5) is 0 Å². The summed E-state index contributed by atoms with van der Waals surface area (Å²) in [4.78, 5) is 11.3. The number of thiophene rings is 1. The first-order valence-electron chi connectivity index (χ1n) is 4.66. The average molecular weight is 234 g/mol. The fraction of sp³-hybridized carbons (Fsp3) is 0.0833. The van der Waals surface area contributed by atoms with Crippen LogP contribution in [-0.2, 0) is 4.74 Å². The maximum absolute atomic E-state index is 11.3. The van der Waals surface area contributed by atoms with Crippen LogP contribution in [0.15, 0.2) is 35.0 Å². The summed E-state index contributed by atoms with van der Waals surface area (Å²) in [6.45, 7) is 0. The van der Waals surface area contributed by atoms with Crippen molar-refractivity contribution >= 4 is 17.3 Å². The van der Waals surface area contributed by atoms with Gasteiger partial charge in [-0.2, -0.15) is 11.3 Å². The second-order valence-corrected chi connectivity index (χ2v) is 4.02. The van der Waals surface area contributed by atoms with Crippen molar-refractivity contribution in [2.75, 3.05) is 7.11 Å². The van der Waals surface area contributed by atoms with E-state index in [1.807, 2.05) is 16.8 Å². The molecule has 0 aliphatic carbocycles. The summed E-state index contributed by atoms with van der Waals surface area (Å²) in [6.07, 6.45) is 0. The van der Waals surface area contributed by atoms with Crippen molar-refractivity contribution in [3.63, 3.8) is 0 Å². The first-order valence-corrected chi connectivity index (χ1v) is 5.60. The molecule has 0 bridgehead atoms. The van der Waals surface area contributed by atoms with E-state index in [-0.39, 0.29) is 5.75 Å². The van der Waals surface area contributed by atoms with E-state index < -0.39 is 5.97 Å². The summed E-state index contributed by atoms with van der Waals surface area (Å²) >= 11 is 1.54. The van der Waals surface area contributed by atoms with Gasteiger partial charge in [0.2, 0.25) is 0 Å². The summed E-state index contributed by atoms with van der Waals surface area (Å²) < 4.78 is 4.63. The smallest absolute Gasteiger partial charge is 0.337 e. The van der Waals surface area contributed by atoms with Crippen LogP contribution in [0.5, 0.6) is 5.75 Å². The Balaban J connectivity index is 2.49. The van der Waals surface area contributed by atoms with Gasteiger partial charge in [0.15, 0.2) is 0 Å². The van der Waals surface area contributed by atoms with Crippen molar-refractivity contribution in [3.05, 3.63) is 40.6 Å². The molecule has 0 spiro atoms. The number of phenolic OH excluding ortho intramolecular Hbond substituents is 1. The molecule has 1 aromatic carbocycles. The third-order valence-electron chi connectivity index (χ3n) is 2.25. The van der Waals surface area contributed by atoms with Crippen molar-refractivity contribution < 1.29 is 14.6 Å². The number of phenols is 1. The van der Waals surface area contributed by atoms with Crippen LogP contribution < -0.4 is 0 Å². The molecule has 0 aliphatic rings. The standard InChI is InChI=1S/C12H10O3S/c1-15-12(14)8-2-3-11(13)10(6-8)9-4-5-16-7-9/h2-7,13H,1H3. The number of carbonyl (C=O) groups excluding carboxylic acids is 1. The van der Waals surface area contributed by atoms with Crippen molar-refractivity contribution in [3.8, 4) is 16.9 Å². The van der Waals surface area contributed by atoms with Gasteiger partial charge in [-0.3, -0.25) is 0 Å². The summed E-state index contributed by atoms with van der Waals surface area (Å²) in [5.74, 6) is -0.248. The summed E-state index contributed by atoms with van der Waals surface area (Å²) in [5, 5.41) is 13.5. The number of benzene rings is 1. The molecule has 0 radical (unpaired) electrons. The highest BCUT2D eigenvalue weighted by atomic mass is 32.1. The Hall–Kier alpha value is -1.81. The zero-order chi connectivity index (χ0) is 11.5. The van der Waals surface area contributed by atoms with Gasteiger partial charge in [-0.1, -0.05) is 0 Å². The van der Waals surface area contributed by atoms with E-state index in [4.69, 9.17) is 0 Å². The van der Waals surface area contributed by atoms with E-state index in [2.05, 4.69) is 4.74 Å². The SMILES string of the molecule is COC(=O)c1ccc(O)c(-c2ccsc2)c1. The Bertz CT molecular complexity index is 503. The monoisotopic (exact) mass is 234 g/mol. The minimum absolute atomic E-state index is 0.158. The lowest BCUT2D eigenvalue weighted by molar-refractivity contribution is 0.0601. The van der Waals surface area contributed by atoms with Gasteiger partial charge in [0.05, 0.1) is 12.7 Å². The van der Waals surface area contributed by atoms with Gasteiger partial charge >= 0.3 is 5.97 Å². The first-order chi connectivity index (χ1) is 7.72. The van der Waals surface area contributed by atoms with Crippen molar-refractivity contribution in [1.29, 1.82) is 0 Å². The van der Waals surface area contributed by atoms with E-state index in [1.165, 1.54) is 30.6 Å². The number of ether oxygens (including phenoxy) is 1. The molecular formula is C12H10O3S. The number of rotatable bonds is 2. The minimum atomic E-state index is -0.406. The van der Waals surface area contributed by atoms with E-state index >= 15 is 0 Å². The Kier molecular flexibility index (Phi) is 2.92. The molecule has 0 unspecified atom stereocenters. The van der Waals surface area contributed by atoms with Crippen LogP contribution in [0.1, 0.15) is 10.4 Å². The Labute approximate surface area is 96.9 Å². The van der Waals surface area contributed by atoms with Crippen LogP contribution in [-0.4, -0.2) is 18.2 Å². The van der Waals surface area contributed by atoms with Crippen LogP contribution in [0.25, 0.3) is 11.1 Å². The van der Waals surface area contributed by atoms with Crippen molar-refractivity contribution in [2.24, 2.45) is 0 Å². The molecular weight excluding hydrogens is 224 g/mol. The topological polar surface area (TPSA) is 46.5 Å². The molecule has 1 aromatic heterocycles. The number of aromatic hydroxyl groups is 1. The van der Waals surface area contributed by atoms with Gasteiger partial charge in [-0.25, -0.2) is 4.79 Å². The molecule has 0 fully saturated rings. The molecule has 2 aromatic rings. The van der Waals surface area contributed by atoms with Crippen molar-refractivity contribution in [2.45, 2.75) is 0 Å². The predicted molar refractivity (Wildman–Crippen MR) is 62.8 cm³/mol. The highest BCUT2D eigenvalue weighted by Crippen LogP contribution is 2.31. The Morgan fingerprint density at radius 3 is 2.81 bits per heavy atom. The highest BCUT2D eigenvalue weighted by molar-refractivity contribution is 7.08. The van der Waals surface area contributed by atoms with Gasteiger partial charge in [0.25, 0.3) is 0 Å². The van der Waals surface area contributed by atoms with Crippen LogP contribution in [0, 0.1) is 0 Å². The molecule has 82 valence electrons. The third-order valence-corrected chi connectivity index (χ3v) is 2.93. The number of esters is 1. The van der Waals surface area contributed by atoms with E-state index in [9.17, 15) is 9.90 Å². The molecule has 16 heavy (non-hydrogen) atoms. The number of hydrogen-bond acceptors (Lipinski definition) is 4. The number of methoxy groups -OCH3 is 1. The van der Waals surface area contributed by atoms with Gasteiger partial charge < -0.3 is 9.84 Å². The molecule has 0 aliphatic heterocycles. The van der Waals surface area contributed by atoms with Crippen LogP contribution >= 0.6 is 11.3 Å². The maximum Gasteiger partial charge on any atom is 0.337 e. The summed E-state index contributed by atoms with van der Waals surface area (Å²) in [5.41, 5.74) is 1.97. The zero-order valence-electron chi connectivity index (χ0n) is 8.64. The van der Waals surface area contributed by atoms with Crippen LogP contribution in [0.3, 0.4) is 0 Å². The number of carbonyl (C=O) groups is 1. The van der Waals surface area contributed by atoms with Gasteiger partial charge in [-0.15, -0.1) is 0 Å². The number of hydrogen-bond donors (Lipinski definition) is 1. The van der Waals surface area contributed by atoms with Gasteiger partial charge in [0, 0.05) is 5.56 Å². The fourth-order valence-electron chi connectivity index (χ4n) is 1.43. The molecule has 0 amide bonds. The predicted octanol–water partition coefficient (Wildman–Crippen LogP) is 2.91. The fourth-order valence-corrected chi connectivity index (χ4v) is 2.09. The molecule has 1 heterocycles. The van der Waals surface area contributed by atoms with E-state index in [1.54, 1.807) is 6.07 Å². The zero-order valence-corrected chi connectivity index (χ0v) is 9.45. The van der Waals surface area contributed by atoms with Crippen LogP contribution in [0.2, 0.25) is 0 Å². The largest absolute Gasteiger partial charge is 0.507 e. The van der Waals surface area contributed by atoms with Gasteiger partial charge in [0.1, 0.15) is 5.75 Å². The Morgan fingerprint density at radius 1 is 1.38 bits per heavy atom. The Morgan fingerprint density at radius 2 is 2.19 bits per heavy atom. The normalized spacial score (nSPS) is 10.1. The van der Waals surface area contributed by atoms with E-state index in [0.29, 0.717) is 11.1 Å². The van der Waals surface area contributed by atoms with E-state index in [0.717, 1.165) is 5.56 Å². The molecule has 1 N–H and O–H groups in total. The molecule has 2 rings (SSSR count). The van der Waals surface area contributed by atoms with Gasteiger partial charge in [-0.05, 0) is 40.6 Å². The van der Waals surface area contributed by atoms with Crippen molar-refractivity contribution in [1.82, 2.24) is 0 Å².